The highest BCUT2D eigenvalue weighted by atomic mass is 16.5. The number of aryl methyl sites for hydroxylation is 1. The number of hydrogen-bond donors (Lipinski definition) is 0. The average Bonchev–Trinajstić information content (AvgIpc) is 3.28. The Morgan fingerprint density at radius 1 is 1.14 bits per heavy atom. The zero-order chi connectivity index (χ0) is 20.1. The van der Waals surface area contributed by atoms with Crippen molar-refractivity contribution in [3.63, 3.8) is 0 Å². The Balaban J connectivity index is 1.23. The lowest BCUT2D eigenvalue weighted by atomic mass is 10.1. The molecule has 8 nitrogen and oxygen atoms in total. The predicted molar refractivity (Wildman–Crippen MR) is 106 cm³/mol. The number of likely N-dealkylation sites (tertiary alicyclic amines) is 1. The monoisotopic (exact) mass is 393 g/mol. The summed E-state index contributed by atoms with van der Waals surface area (Å²) in [5.41, 5.74) is 1.11. The van der Waals surface area contributed by atoms with Crippen LogP contribution in [0.3, 0.4) is 0 Å². The maximum Gasteiger partial charge on any atom is 0.260 e. The molecule has 150 valence electrons. The summed E-state index contributed by atoms with van der Waals surface area (Å²) < 4.78 is 13.2. The van der Waals surface area contributed by atoms with E-state index in [0.717, 1.165) is 18.4 Å². The van der Waals surface area contributed by atoms with Crippen LogP contribution in [0.5, 0.6) is 11.6 Å². The van der Waals surface area contributed by atoms with Crippen LogP contribution in [-0.2, 0) is 4.79 Å². The van der Waals surface area contributed by atoms with E-state index in [0.29, 0.717) is 30.5 Å². The van der Waals surface area contributed by atoms with Gasteiger partial charge in [0.15, 0.2) is 12.4 Å². The lowest BCUT2D eigenvalue weighted by molar-refractivity contribution is -0.135. The number of nitrogens with zero attached hydrogens (tertiary/aromatic N) is 5. The van der Waals surface area contributed by atoms with Crippen LogP contribution in [-0.4, -0.2) is 56.6 Å². The topological polar surface area (TPSA) is 82.4 Å². The van der Waals surface area contributed by atoms with Crippen LogP contribution < -0.4 is 9.47 Å². The Labute approximate surface area is 169 Å². The van der Waals surface area contributed by atoms with Gasteiger partial charge in [0.25, 0.3) is 5.91 Å². The SMILES string of the molecule is Cc1cccc(OCC(=O)N2CCC(Oc3ccc(-n4cccn4)nn3)CC2)c1. The van der Waals surface area contributed by atoms with Crippen LogP contribution in [0.1, 0.15) is 18.4 Å². The zero-order valence-electron chi connectivity index (χ0n) is 16.3. The summed E-state index contributed by atoms with van der Waals surface area (Å²) in [6.07, 6.45) is 5.01. The summed E-state index contributed by atoms with van der Waals surface area (Å²) in [5, 5.41) is 12.4. The first kappa shape index (κ1) is 18.9. The molecular formula is C21H23N5O3. The van der Waals surface area contributed by atoms with Crippen LogP contribution in [0, 0.1) is 6.92 Å². The quantitative estimate of drug-likeness (QED) is 0.640. The molecule has 0 unspecified atom stereocenters. The molecule has 2 aromatic heterocycles. The number of carbonyl (C=O) groups is 1. The van der Waals surface area contributed by atoms with Crippen molar-refractivity contribution in [2.45, 2.75) is 25.9 Å². The molecule has 1 aromatic carbocycles. The minimum absolute atomic E-state index is 0.00618. The van der Waals surface area contributed by atoms with Crippen molar-refractivity contribution in [3.05, 3.63) is 60.4 Å². The normalized spacial score (nSPS) is 14.6. The van der Waals surface area contributed by atoms with Crippen molar-refractivity contribution in [2.24, 2.45) is 0 Å². The average molecular weight is 393 g/mol. The first-order valence-corrected chi connectivity index (χ1v) is 9.65. The number of amides is 1. The van der Waals surface area contributed by atoms with Gasteiger partial charge >= 0.3 is 0 Å². The molecule has 1 aliphatic heterocycles. The van der Waals surface area contributed by atoms with Gasteiger partial charge in [-0.15, -0.1) is 10.2 Å². The van der Waals surface area contributed by atoms with E-state index in [1.807, 2.05) is 48.2 Å². The molecule has 0 N–H and O–H groups in total. The minimum atomic E-state index is -0.00618. The smallest absolute Gasteiger partial charge is 0.260 e. The number of hydrogen-bond acceptors (Lipinski definition) is 6. The minimum Gasteiger partial charge on any atom is -0.484 e. The van der Waals surface area contributed by atoms with Crippen molar-refractivity contribution in [3.8, 4) is 17.4 Å². The van der Waals surface area contributed by atoms with Gasteiger partial charge in [-0.3, -0.25) is 4.79 Å². The maximum atomic E-state index is 12.4. The fourth-order valence-corrected chi connectivity index (χ4v) is 3.24. The number of ether oxygens (including phenoxy) is 2. The molecular weight excluding hydrogens is 370 g/mol. The molecule has 3 aromatic rings. The van der Waals surface area contributed by atoms with Gasteiger partial charge in [-0.1, -0.05) is 12.1 Å². The van der Waals surface area contributed by atoms with Crippen molar-refractivity contribution in [1.29, 1.82) is 0 Å². The Bertz CT molecular complexity index is 935. The Morgan fingerprint density at radius 3 is 2.69 bits per heavy atom. The molecule has 8 heteroatoms. The molecule has 1 amide bonds. The number of benzene rings is 1. The van der Waals surface area contributed by atoms with Crippen molar-refractivity contribution < 1.29 is 14.3 Å². The zero-order valence-corrected chi connectivity index (χ0v) is 16.3. The Hall–Kier alpha value is -3.42. The molecule has 0 radical (unpaired) electrons. The number of piperidine rings is 1. The molecule has 3 heterocycles. The van der Waals surface area contributed by atoms with Gasteiger partial charge in [0, 0.05) is 44.4 Å². The molecule has 0 bridgehead atoms. The first-order valence-electron chi connectivity index (χ1n) is 9.65. The molecule has 1 aliphatic rings. The summed E-state index contributed by atoms with van der Waals surface area (Å²) in [7, 11) is 0. The van der Waals surface area contributed by atoms with Crippen LogP contribution in [0.25, 0.3) is 5.82 Å². The Morgan fingerprint density at radius 2 is 2.00 bits per heavy atom. The summed E-state index contributed by atoms with van der Waals surface area (Å²) in [4.78, 5) is 14.2. The summed E-state index contributed by atoms with van der Waals surface area (Å²) >= 11 is 0. The van der Waals surface area contributed by atoms with Crippen LogP contribution in [0.2, 0.25) is 0 Å². The van der Waals surface area contributed by atoms with Crippen LogP contribution in [0.15, 0.2) is 54.9 Å². The molecule has 0 aliphatic carbocycles. The van der Waals surface area contributed by atoms with Crippen molar-refractivity contribution in [2.75, 3.05) is 19.7 Å². The summed E-state index contributed by atoms with van der Waals surface area (Å²) in [6, 6.07) is 13.1. The molecule has 4 rings (SSSR count). The van der Waals surface area contributed by atoms with E-state index in [-0.39, 0.29) is 18.6 Å². The second-order valence-corrected chi connectivity index (χ2v) is 6.98. The van der Waals surface area contributed by atoms with Gasteiger partial charge in [-0.2, -0.15) is 5.10 Å². The van der Waals surface area contributed by atoms with Crippen molar-refractivity contribution in [1.82, 2.24) is 24.9 Å². The highest BCUT2D eigenvalue weighted by Crippen LogP contribution is 2.18. The maximum absolute atomic E-state index is 12.4. The third kappa shape index (κ3) is 4.90. The fraction of sp³-hybridized carbons (Fsp3) is 0.333. The Kier molecular flexibility index (Phi) is 5.69. The van der Waals surface area contributed by atoms with Gasteiger partial charge in [0.2, 0.25) is 5.88 Å². The lowest BCUT2D eigenvalue weighted by Gasteiger charge is -2.31. The third-order valence-electron chi connectivity index (χ3n) is 4.80. The largest absolute Gasteiger partial charge is 0.484 e. The molecule has 1 saturated heterocycles. The molecule has 29 heavy (non-hydrogen) atoms. The van der Waals surface area contributed by atoms with Gasteiger partial charge in [0.1, 0.15) is 11.9 Å². The van der Waals surface area contributed by atoms with E-state index in [1.54, 1.807) is 23.1 Å². The fourth-order valence-electron chi connectivity index (χ4n) is 3.24. The standard InChI is InChI=1S/C21H23N5O3/c1-16-4-2-5-18(14-16)28-15-21(27)25-12-8-17(9-13-25)29-20-7-6-19(23-24-20)26-11-3-10-22-26/h2-7,10-11,14,17H,8-9,12-13,15H2,1H3. The highest BCUT2D eigenvalue weighted by Gasteiger charge is 2.24. The van der Waals surface area contributed by atoms with E-state index in [9.17, 15) is 4.79 Å². The lowest BCUT2D eigenvalue weighted by Crippen LogP contribution is -2.43. The predicted octanol–water partition coefficient (Wildman–Crippen LogP) is 2.42. The van der Waals surface area contributed by atoms with Gasteiger partial charge in [-0.25, -0.2) is 4.68 Å². The number of rotatable bonds is 6. The number of aromatic nitrogens is 4. The van der Waals surface area contributed by atoms with E-state index in [1.165, 1.54) is 0 Å². The van der Waals surface area contributed by atoms with Gasteiger partial charge in [-0.05, 0) is 36.8 Å². The third-order valence-corrected chi connectivity index (χ3v) is 4.80. The highest BCUT2D eigenvalue weighted by molar-refractivity contribution is 5.77. The molecule has 1 fully saturated rings. The van der Waals surface area contributed by atoms with Crippen LogP contribution in [0.4, 0.5) is 0 Å². The molecule has 0 saturated carbocycles. The van der Waals surface area contributed by atoms with Gasteiger partial charge < -0.3 is 14.4 Å². The van der Waals surface area contributed by atoms with E-state index < -0.39 is 0 Å². The second-order valence-electron chi connectivity index (χ2n) is 6.98. The van der Waals surface area contributed by atoms with Crippen LogP contribution >= 0.6 is 0 Å². The van der Waals surface area contributed by atoms with Crippen molar-refractivity contribution >= 4 is 5.91 Å². The van der Waals surface area contributed by atoms with E-state index in [4.69, 9.17) is 9.47 Å². The van der Waals surface area contributed by atoms with Gasteiger partial charge in [0.05, 0.1) is 0 Å². The second kappa shape index (κ2) is 8.72. The van der Waals surface area contributed by atoms with E-state index >= 15 is 0 Å². The molecule has 0 spiro atoms. The number of carbonyl (C=O) groups excluding carboxylic acids is 1. The summed E-state index contributed by atoms with van der Waals surface area (Å²) in [5.74, 6) is 1.83. The first-order chi connectivity index (χ1) is 14.2. The van der Waals surface area contributed by atoms with E-state index in [2.05, 4.69) is 15.3 Å². The molecule has 0 atom stereocenters. The summed E-state index contributed by atoms with van der Waals surface area (Å²) in [6.45, 7) is 3.32.